The fourth-order valence-corrected chi connectivity index (χ4v) is 3.25. The van der Waals surface area contributed by atoms with Crippen molar-refractivity contribution >= 4 is 28.9 Å². The highest BCUT2D eigenvalue weighted by Crippen LogP contribution is 2.27. The molecule has 0 atom stereocenters. The highest BCUT2D eigenvalue weighted by atomic mass is 32.2. The number of nitrogens with zero attached hydrogens (tertiary/aromatic N) is 2. The van der Waals surface area contributed by atoms with Gasteiger partial charge in [-0.1, -0.05) is 17.8 Å². The van der Waals surface area contributed by atoms with Gasteiger partial charge in [-0.25, -0.2) is 9.97 Å². The van der Waals surface area contributed by atoms with Gasteiger partial charge in [0.05, 0.1) is 0 Å². The molecule has 0 amide bonds. The Labute approximate surface area is 110 Å². The molecule has 0 aliphatic heterocycles. The third-order valence-electron chi connectivity index (χ3n) is 2.18. The first-order valence-electron chi connectivity index (χ1n) is 5.52. The molecular formula is C12H15N3S2. The minimum atomic E-state index is 0.894. The number of aryl methyl sites for hydroxylation is 1. The van der Waals surface area contributed by atoms with Crippen molar-refractivity contribution in [3.63, 3.8) is 0 Å². The molecule has 0 unspecified atom stereocenters. The van der Waals surface area contributed by atoms with Crippen molar-refractivity contribution in [3.8, 4) is 0 Å². The minimum Gasteiger partial charge on any atom is -0.370 e. The van der Waals surface area contributed by atoms with Crippen molar-refractivity contribution < 1.29 is 0 Å². The SMILES string of the molecule is CCNc1ncccc1CSc1nc(C)cs1. The fourth-order valence-electron chi connectivity index (χ4n) is 1.42. The summed E-state index contributed by atoms with van der Waals surface area (Å²) in [6.45, 7) is 5.00. The molecule has 3 nitrogen and oxygen atoms in total. The molecule has 0 spiro atoms. The van der Waals surface area contributed by atoms with E-state index in [2.05, 4.69) is 33.7 Å². The van der Waals surface area contributed by atoms with Crippen molar-refractivity contribution in [2.45, 2.75) is 23.9 Å². The second-order valence-corrected chi connectivity index (χ2v) is 5.67. The van der Waals surface area contributed by atoms with E-state index < -0.39 is 0 Å². The van der Waals surface area contributed by atoms with E-state index in [0.717, 1.165) is 28.1 Å². The Balaban J connectivity index is 2.03. The van der Waals surface area contributed by atoms with Gasteiger partial charge in [0.15, 0.2) is 0 Å². The first-order valence-corrected chi connectivity index (χ1v) is 7.39. The highest BCUT2D eigenvalue weighted by Gasteiger charge is 2.05. The zero-order valence-electron chi connectivity index (χ0n) is 9.93. The van der Waals surface area contributed by atoms with Gasteiger partial charge in [0, 0.05) is 35.1 Å². The molecule has 0 saturated heterocycles. The molecule has 5 heteroatoms. The van der Waals surface area contributed by atoms with Gasteiger partial charge in [-0.05, 0) is 19.9 Å². The molecule has 0 aliphatic carbocycles. The Morgan fingerprint density at radius 3 is 3.06 bits per heavy atom. The summed E-state index contributed by atoms with van der Waals surface area (Å²) in [4.78, 5) is 8.79. The zero-order valence-corrected chi connectivity index (χ0v) is 11.6. The summed E-state index contributed by atoms with van der Waals surface area (Å²) < 4.78 is 1.12. The fraction of sp³-hybridized carbons (Fsp3) is 0.333. The predicted octanol–water partition coefficient (Wildman–Crippen LogP) is 3.57. The van der Waals surface area contributed by atoms with Gasteiger partial charge in [-0.15, -0.1) is 11.3 Å². The van der Waals surface area contributed by atoms with Crippen LogP contribution in [0.15, 0.2) is 28.0 Å². The van der Waals surface area contributed by atoms with E-state index in [1.165, 1.54) is 5.56 Å². The third kappa shape index (κ3) is 3.44. The molecule has 0 radical (unpaired) electrons. The Morgan fingerprint density at radius 1 is 1.47 bits per heavy atom. The largest absolute Gasteiger partial charge is 0.370 e. The van der Waals surface area contributed by atoms with Gasteiger partial charge < -0.3 is 5.32 Å². The Kier molecular flexibility index (Phi) is 4.39. The van der Waals surface area contributed by atoms with E-state index in [1.54, 1.807) is 23.1 Å². The van der Waals surface area contributed by atoms with Crippen LogP contribution in [0.4, 0.5) is 5.82 Å². The van der Waals surface area contributed by atoms with Crippen LogP contribution in [0, 0.1) is 6.92 Å². The topological polar surface area (TPSA) is 37.8 Å². The summed E-state index contributed by atoms with van der Waals surface area (Å²) in [5.74, 6) is 1.89. The normalized spacial score (nSPS) is 10.5. The number of pyridine rings is 1. The monoisotopic (exact) mass is 265 g/mol. The van der Waals surface area contributed by atoms with Crippen LogP contribution >= 0.6 is 23.1 Å². The van der Waals surface area contributed by atoms with Gasteiger partial charge in [0.1, 0.15) is 10.2 Å². The maximum absolute atomic E-state index is 4.44. The van der Waals surface area contributed by atoms with Crippen molar-refractivity contribution in [1.82, 2.24) is 9.97 Å². The average molecular weight is 265 g/mol. The molecular weight excluding hydrogens is 250 g/mol. The number of hydrogen-bond acceptors (Lipinski definition) is 5. The van der Waals surface area contributed by atoms with Gasteiger partial charge in [0.2, 0.25) is 0 Å². The van der Waals surface area contributed by atoms with Crippen molar-refractivity contribution in [3.05, 3.63) is 35.0 Å². The first-order chi connectivity index (χ1) is 8.29. The zero-order chi connectivity index (χ0) is 12.1. The maximum atomic E-state index is 4.44. The Morgan fingerprint density at radius 2 is 2.35 bits per heavy atom. The first kappa shape index (κ1) is 12.4. The second-order valence-electron chi connectivity index (χ2n) is 3.58. The smallest absolute Gasteiger partial charge is 0.150 e. The molecule has 0 aliphatic rings. The molecule has 17 heavy (non-hydrogen) atoms. The highest BCUT2D eigenvalue weighted by molar-refractivity contribution is 8.00. The van der Waals surface area contributed by atoms with Crippen LogP contribution in [0.1, 0.15) is 18.2 Å². The number of thioether (sulfide) groups is 1. The summed E-state index contributed by atoms with van der Waals surface area (Å²) in [7, 11) is 0. The molecule has 0 saturated carbocycles. The lowest BCUT2D eigenvalue weighted by atomic mass is 10.3. The predicted molar refractivity (Wildman–Crippen MR) is 74.8 cm³/mol. The number of thiazole rings is 1. The lowest BCUT2D eigenvalue weighted by Crippen LogP contribution is -2.02. The second kappa shape index (κ2) is 6.02. The number of anilines is 1. The molecule has 0 fully saturated rings. The van der Waals surface area contributed by atoms with E-state index in [1.807, 2.05) is 19.2 Å². The van der Waals surface area contributed by atoms with Crippen LogP contribution < -0.4 is 5.32 Å². The lowest BCUT2D eigenvalue weighted by Gasteiger charge is -2.07. The quantitative estimate of drug-likeness (QED) is 0.839. The molecule has 2 aromatic heterocycles. The number of aromatic nitrogens is 2. The van der Waals surface area contributed by atoms with Crippen LogP contribution in [0.25, 0.3) is 0 Å². The number of nitrogens with one attached hydrogen (secondary N) is 1. The number of rotatable bonds is 5. The molecule has 0 aromatic carbocycles. The summed E-state index contributed by atoms with van der Waals surface area (Å²) in [6, 6.07) is 4.09. The van der Waals surface area contributed by atoms with E-state index in [4.69, 9.17) is 0 Å². The molecule has 1 N–H and O–H groups in total. The van der Waals surface area contributed by atoms with Crippen LogP contribution in [-0.4, -0.2) is 16.5 Å². The lowest BCUT2D eigenvalue weighted by molar-refractivity contribution is 1.13. The third-order valence-corrected chi connectivity index (χ3v) is 4.37. The van der Waals surface area contributed by atoms with E-state index in [9.17, 15) is 0 Å². The van der Waals surface area contributed by atoms with Crippen molar-refractivity contribution in [2.24, 2.45) is 0 Å². The van der Waals surface area contributed by atoms with E-state index in [0.29, 0.717) is 0 Å². The Hall–Kier alpha value is -1.07. The number of hydrogen-bond donors (Lipinski definition) is 1. The maximum Gasteiger partial charge on any atom is 0.150 e. The minimum absolute atomic E-state index is 0.894. The summed E-state index contributed by atoms with van der Waals surface area (Å²) in [5.41, 5.74) is 2.32. The molecule has 2 rings (SSSR count). The van der Waals surface area contributed by atoms with Gasteiger partial charge in [-0.3, -0.25) is 0 Å². The molecule has 0 bridgehead atoms. The molecule has 2 heterocycles. The molecule has 90 valence electrons. The van der Waals surface area contributed by atoms with Gasteiger partial charge in [-0.2, -0.15) is 0 Å². The summed E-state index contributed by atoms with van der Waals surface area (Å²) >= 11 is 3.46. The Bertz CT molecular complexity index is 482. The van der Waals surface area contributed by atoms with Crippen LogP contribution in [-0.2, 0) is 5.75 Å². The van der Waals surface area contributed by atoms with Crippen molar-refractivity contribution in [1.29, 1.82) is 0 Å². The van der Waals surface area contributed by atoms with Crippen molar-refractivity contribution in [2.75, 3.05) is 11.9 Å². The molecule has 2 aromatic rings. The van der Waals surface area contributed by atoms with Gasteiger partial charge in [0.25, 0.3) is 0 Å². The van der Waals surface area contributed by atoms with E-state index in [-0.39, 0.29) is 0 Å². The summed E-state index contributed by atoms with van der Waals surface area (Å²) in [5, 5.41) is 5.36. The average Bonchev–Trinajstić information content (AvgIpc) is 2.74. The van der Waals surface area contributed by atoms with Crippen LogP contribution in [0.3, 0.4) is 0 Å². The standard InChI is InChI=1S/C12H15N3S2/c1-3-13-11-10(5-4-6-14-11)8-17-12-15-9(2)7-16-12/h4-7H,3,8H2,1-2H3,(H,13,14). The van der Waals surface area contributed by atoms with E-state index >= 15 is 0 Å². The van der Waals surface area contributed by atoms with Gasteiger partial charge >= 0.3 is 0 Å². The van der Waals surface area contributed by atoms with Crippen LogP contribution in [0.5, 0.6) is 0 Å². The summed E-state index contributed by atoms with van der Waals surface area (Å²) in [6.07, 6.45) is 1.82. The van der Waals surface area contributed by atoms with Crippen LogP contribution in [0.2, 0.25) is 0 Å².